The molecule has 1 aromatic rings. The second-order valence-electron chi connectivity index (χ2n) is 3.67. The third-order valence-electron chi connectivity index (χ3n) is 2.68. The fraction of sp³-hybridized carbons (Fsp3) is 0.545. The summed E-state index contributed by atoms with van der Waals surface area (Å²) in [4.78, 5) is 13.7. The van der Waals surface area contributed by atoms with Crippen molar-refractivity contribution in [2.75, 3.05) is 24.6 Å². The summed E-state index contributed by atoms with van der Waals surface area (Å²) in [6.07, 6.45) is 2.28. The van der Waals surface area contributed by atoms with Crippen LogP contribution >= 0.6 is 11.3 Å². The molecule has 1 unspecified atom stereocenters. The van der Waals surface area contributed by atoms with Crippen LogP contribution < -0.4 is 4.90 Å². The van der Waals surface area contributed by atoms with E-state index in [2.05, 4.69) is 11.8 Å². The van der Waals surface area contributed by atoms with Gasteiger partial charge in [0.2, 0.25) is 0 Å². The molecule has 0 aromatic carbocycles. The van der Waals surface area contributed by atoms with E-state index in [0.717, 1.165) is 43.0 Å². The van der Waals surface area contributed by atoms with E-state index in [4.69, 9.17) is 4.74 Å². The highest BCUT2D eigenvalue weighted by atomic mass is 32.1. The molecule has 1 saturated heterocycles. The standard InChI is InChI=1S/C11H15NO2S/c1-2-10-6-12(3-4-14-10)9-5-11(7-13)15-8-9/h5,7-8,10H,2-4,6H2,1H3. The summed E-state index contributed by atoms with van der Waals surface area (Å²) >= 11 is 1.50. The maximum Gasteiger partial charge on any atom is 0.160 e. The Labute approximate surface area is 93.7 Å². The van der Waals surface area contributed by atoms with Crippen LogP contribution in [0.4, 0.5) is 5.69 Å². The first-order valence-electron chi connectivity index (χ1n) is 5.23. The molecular weight excluding hydrogens is 210 g/mol. The Bertz CT molecular complexity index is 337. The number of rotatable bonds is 3. The predicted octanol–water partition coefficient (Wildman–Crippen LogP) is 2.18. The van der Waals surface area contributed by atoms with E-state index in [-0.39, 0.29) is 0 Å². The highest BCUT2D eigenvalue weighted by Crippen LogP contribution is 2.24. The van der Waals surface area contributed by atoms with Crippen LogP contribution in [0, 0.1) is 0 Å². The largest absolute Gasteiger partial charge is 0.375 e. The summed E-state index contributed by atoms with van der Waals surface area (Å²) in [6, 6.07) is 1.95. The lowest BCUT2D eigenvalue weighted by Crippen LogP contribution is -2.42. The van der Waals surface area contributed by atoms with Crippen LogP contribution in [-0.4, -0.2) is 32.1 Å². The Morgan fingerprint density at radius 1 is 1.73 bits per heavy atom. The van der Waals surface area contributed by atoms with Gasteiger partial charge in [-0.3, -0.25) is 4.79 Å². The molecule has 1 fully saturated rings. The monoisotopic (exact) mass is 225 g/mol. The molecule has 1 atom stereocenters. The second kappa shape index (κ2) is 4.77. The molecule has 0 bridgehead atoms. The topological polar surface area (TPSA) is 29.5 Å². The number of carbonyl (C=O) groups is 1. The van der Waals surface area contributed by atoms with Crippen molar-refractivity contribution < 1.29 is 9.53 Å². The van der Waals surface area contributed by atoms with Crippen LogP contribution in [0.15, 0.2) is 11.4 Å². The van der Waals surface area contributed by atoms with Gasteiger partial charge in [0.25, 0.3) is 0 Å². The van der Waals surface area contributed by atoms with E-state index >= 15 is 0 Å². The van der Waals surface area contributed by atoms with Crippen molar-refractivity contribution in [1.29, 1.82) is 0 Å². The Kier molecular flexibility index (Phi) is 3.38. The number of thiophene rings is 1. The summed E-state index contributed by atoms with van der Waals surface area (Å²) < 4.78 is 5.60. The zero-order chi connectivity index (χ0) is 10.7. The van der Waals surface area contributed by atoms with Gasteiger partial charge >= 0.3 is 0 Å². The van der Waals surface area contributed by atoms with Gasteiger partial charge in [-0.25, -0.2) is 0 Å². The number of ether oxygens (including phenoxy) is 1. The molecule has 4 heteroatoms. The summed E-state index contributed by atoms with van der Waals surface area (Å²) in [5, 5.41) is 2.04. The van der Waals surface area contributed by atoms with E-state index in [1.54, 1.807) is 0 Å². The molecule has 1 aliphatic heterocycles. The number of nitrogens with zero attached hydrogens (tertiary/aromatic N) is 1. The molecule has 15 heavy (non-hydrogen) atoms. The van der Waals surface area contributed by atoms with Crippen molar-refractivity contribution in [3.63, 3.8) is 0 Å². The zero-order valence-electron chi connectivity index (χ0n) is 8.81. The van der Waals surface area contributed by atoms with Gasteiger partial charge in [-0.15, -0.1) is 11.3 Å². The van der Waals surface area contributed by atoms with Crippen molar-refractivity contribution >= 4 is 23.3 Å². The minimum atomic E-state index is 0.332. The number of anilines is 1. The Hall–Kier alpha value is -0.870. The molecule has 0 spiro atoms. The van der Waals surface area contributed by atoms with Crippen molar-refractivity contribution in [2.24, 2.45) is 0 Å². The summed E-state index contributed by atoms with van der Waals surface area (Å²) in [6.45, 7) is 4.78. The van der Waals surface area contributed by atoms with E-state index in [1.165, 1.54) is 11.3 Å². The molecule has 2 heterocycles. The van der Waals surface area contributed by atoms with Crippen molar-refractivity contribution in [3.05, 3.63) is 16.3 Å². The molecular formula is C11H15NO2S. The lowest BCUT2D eigenvalue weighted by atomic mass is 10.2. The zero-order valence-corrected chi connectivity index (χ0v) is 9.63. The van der Waals surface area contributed by atoms with Crippen LogP contribution in [0.3, 0.4) is 0 Å². The van der Waals surface area contributed by atoms with Gasteiger partial charge in [0.1, 0.15) is 0 Å². The van der Waals surface area contributed by atoms with Crippen LogP contribution in [0.2, 0.25) is 0 Å². The SMILES string of the molecule is CCC1CN(c2csc(C=O)c2)CCO1. The number of aldehydes is 1. The van der Waals surface area contributed by atoms with Gasteiger partial charge < -0.3 is 9.64 Å². The van der Waals surface area contributed by atoms with Crippen LogP contribution in [0.1, 0.15) is 23.0 Å². The lowest BCUT2D eigenvalue weighted by Gasteiger charge is -2.33. The number of hydrogen-bond donors (Lipinski definition) is 0. The van der Waals surface area contributed by atoms with Gasteiger partial charge in [-0.2, -0.15) is 0 Å². The summed E-state index contributed by atoms with van der Waals surface area (Å²) in [5.41, 5.74) is 1.16. The Balaban J connectivity index is 2.06. The molecule has 1 aliphatic rings. The van der Waals surface area contributed by atoms with Crippen molar-refractivity contribution in [2.45, 2.75) is 19.4 Å². The van der Waals surface area contributed by atoms with Crippen molar-refractivity contribution in [1.82, 2.24) is 0 Å². The quantitative estimate of drug-likeness (QED) is 0.738. The molecule has 0 aliphatic carbocycles. The van der Waals surface area contributed by atoms with Gasteiger partial charge in [-0.05, 0) is 12.5 Å². The maximum absolute atomic E-state index is 10.6. The fourth-order valence-electron chi connectivity index (χ4n) is 1.77. The maximum atomic E-state index is 10.6. The van der Waals surface area contributed by atoms with Crippen molar-refractivity contribution in [3.8, 4) is 0 Å². The highest BCUT2D eigenvalue weighted by Gasteiger charge is 2.19. The van der Waals surface area contributed by atoms with Gasteiger partial charge in [0, 0.05) is 24.2 Å². The molecule has 0 saturated carbocycles. The fourth-order valence-corrected chi connectivity index (χ4v) is 2.49. The van der Waals surface area contributed by atoms with Crippen LogP contribution in [0.25, 0.3) is 0 Å². The van der Waals surface area contributed by atoms with Crippen LogP contribution in [0.5, 0.6) is 0 Å². The first kappa shape index (κ1) is 10.6. The average Bonchev–Trinajstić information content (AvgIpc) is 2.78. The molecule has 0 radical (unpaired) electrons. The van der Waals surface area contributed by atoms with E-state index in [0.29, 0.717) is 6.10 Å². The Morgan fingerprint density at radius 3 is 3.27 bits per heavy atom. The Morgan fingerprint density at radius 2 is 2.60 bits per heavy atom. The normalized spacial score (nSPS) is 21.7. The first-order valence-corrected chi connectivity index (χ1v) is 6.11. The molecule has 82 valence electrons. The molecule has 3 nitrogen and oxygen atoms in total. The summed E-state index contributed by atoms with van der Waals surface area (Å²) in [5.74, 6) is 0. The second-order valence-corrected chi connectivity index (χ2v) is 4.61. The third kappa shape index (κ3) is 2.38. The lowest BCUT2D eigenvalue weighted by molar-refractivity contribution is 0.0384. The third-order valence-corrected chi connectivity index (χ3v) is 3.53. The first-order chi connectivity index (χ1) is 7.33. The molecule has 2 rings (SSSR count). The number of hydrogen-bond acceptors (Lipinski definition) is 4. The van der Waals surface area contributed by atoms with Crippen LogP contribution in [-0.2, 0) is 4.74 Å². The van der Waals surface area contributed by atoms with E-state index in [9.17, 15) is 4.79 Å². The van der Waals surface area contributed by atoms with Gasteiger partial charge in [0.05, 0.1) is 17.6 Å². The highest BCUT2D eigenvalue weighted by molar-refractivity contribution is 7.12. The summed E-state index contributed by atoms with van der Waals surface area (Å²) in [7, 11) is 0. The van der Waals surface area contributed by atoms with Gasteiger partial charge in [0.15, 0.2) is 6.29 Å². The minimum absolute atomic E-state index is 0.332. The smallest absolute Gasteiger partial charge is 0.160 e. The van der Waals surface area contributed by atoms with E-state index in [1.807, 2.05) is 11.4 Å². The van der Waals surface area contributed by atoms with Gasteiger partial charge in [-0.1, -0.05) is 6.92 Å². The molecule has 0 amide bonds. The predicted molar refractivity (Wildman–Crippen MR) is 62.0 cm³/mol. The number of morpholine rings is 1. The molecule has 1 aromatic heterocycles. The number of carbonyl (C=O) groups excluding carboxylic acids is 1. The average molecular weight is 225 g/mol. The minimum Gasteiger partial charge on any atom is -0.375 e. The molecule has 0 N–H and O–H groups in total. The van der Waals surface area contributed by atoms with E-state index < -0.39 is 0 Å².